The molecule has 0 saturated carbocycles. The zero-order valence-corrected chi connectivity index (χ0v) is 12.4. The van der Waals surface area contributed by atoms with Gasteiger partial charge in [0.05, 0.1) is 16.5 Å². The third-order valence-electron chi connectivity index (χ3n) is 3.89. The minimum atomic E-state index is -3.56. The van der Waals surface area contributed by atoms with Crippen molar-refractivity contribution in [2.24, 2.45) is 11.8 Å². The number of sulfonamides is 1. The molecule has 1 aliphatic rings. The van der Waals surface area contributed by atoms with E-state index in [-0.39, 0.29) is 23.3 Å². The number of rotatable bonds is 3. The average Bonchev–Trinajstić information content (AvgIpc) is 2.80. The Hall–Kier alpha value is -1.42. The monoisotopic (exact) mass is 294 g/mol. The van der Waals surface area contributed by atoms with Gasteiger partial charge in [0.1, 0.15) is 0 Å². The molecule has 0 bridgehead atoms. The number of nitrogens with zero attached hydrogens (tertiary/aromatic N) is 2. The van der Waals surface area contributed by atoms with Crippen molar-refractivity contribution in [2.75, 3.05) is 19.7 Å². The highest BCUT2D eigenvalue weighted by Gasteiger charge is 2.37. The van der Waals surface area contributed by atoms with Gasteiger partial charge < -0.3 is 5.11 Å². The van der Waals surface area contributed by atoms with Gasteiger partial charge in [-0.25, -0.2) is 8.42 Å². The molecule has 0 amide bonds. The molecule has 5 nitrogen and oxygen atoms in total. The molecule has 6 heteroatoms. The summed E-state index contributed by atoms with van der Waals surface area (Å²) in [7, 11) is -3.56. The van der Waals surface area contributed by atoms with Gasteiger partial charge in [-0.1, -0.05) is 6.92 Å². The summed E-state index contributed by atoms with van der Waals surface area (Å²) < 4.78 is 26.7. The van der Waals surface area contributed by atoms with Gasteiger partial charge in [-0.3, -0.25) is 0 Å². The number of hydrogen-bond acceptors (Lipinski definition) is 4. The van der Waals surface area contributed by atoms with E-state index >= 15 is 0 Å². The van der Waals surface area contributed by atoms with E-state index < -0.39 is 10.0 Å². The Balaban J connectivity index is 2.35. The van der Waals surface area contributed by atoms with E-state index in [4.69, 9.17) is 5.26 Å². The molecule has 0 unspecified atom stereocenters. The highest BCUT2D eigenvalue weighted by Crippen LogP contribution is 2.29. The Kier molecular flexibility index (Phi) is 4.14. The van der Waals surface area contributed by atoms with Gasteiger partial charge in [-0.05, 0) is 42.5 Å². The lowest BCUT2D eigenvalue weighted by atomic mass is 10.00. The zero-order valence-electron chi connectivity index (χ0n) is 11.6. The quantitative estimate of drug-likeness (QED) is 0.905. The molecule has 1 saturated heterocycles. The van der Waals surface area contributed by atoms with Gasteiger partial charge in [-0.2, -0.15) is 9.57 Å². The van der Waals surface area contributed by atoms with E-state index in [9.17, 15) is 13.5 Å². The van der Waals surface area contributed by atoms with Crippen LogP contribution in [0.25, 0.3) is 0 Å². The largest absolute Gasteiger partial charge is 0.396 e. The molecule has 1 aromatic carbocycles. The lowest BCUT2D eigenvalue weighted by molar-refractivity contribution is 0.210. The number of aliphatic hydroxyl groups excluding tert-OH is 1. The summed E-state index contributed by atoms with van der Waals surface area (Å²) in [6.45, 7) is 4.41. The predicted molar refractivity (Wildman–Crippen MR) is 74.4 cm³/mol. The fraction of sp³-hybridized carbons (Fsp3) is 0.500. The molecule has 1 fully saturated rings. The van der Waals surface area contributed by atoms with Gasteiger partial charge in [0.2, 0.25) is 10.0 Å². The zero-order chi connectivity index (χ0) is 14.9. The second-order valence-corrected chi connectivity index (χ2v) is 7.24. The first-order chi connectivity index (χ1) is 9.40. The maximum atomic E-state index is 12.6. The molecular formula is C14H18N2O3S. The van der Waals surface area contributed by atoms with Crippen molar-refractivity contribution < 1.29 is 13.5 Å². The van der Waals surface area contributed by atoms with Crippen LogP contribution in [-0.4, -0.2) is 37.5 Å². The van der Waals surface area contributed by atoms with Crippen molar-refractivity contribution >= 4 is 10.0 Å². The van der Waals surface area contributed by atoms with Gasteiger partial charge in [-0.15, -0.1) is 0 Å². The van der Waals surface area contributed by atoms with Crippen LogP contribution in [0.4, 0.5) is 0 Å². The molecule has 0 aliphatic carbocycles. The maximum absolute atomic E-state index is 12.6. The summed E-state index contributed by atoms with van der Waals surface area (Å²) in [4.78, 5) is 0.238. The number of hydrogen-bond donors (Lipinski definition) is 1. The summed E-state index contributed by atoms with van der Waals surface area (Å²) >= 11 is 0. The molecule has 0 spiro atoms. The summed E-state index contributed by atoms with van der Waals surface area (Å²) in [6, 6.07) is 6.58. The number of aliphatic hydroxyl groups is 1. The second kappa shape index (κ2) is 5.52. The molecular weight excluding hydrogens is 276 g/mol. The lowest BCUT2D eigenvalue weighted by Gasteiger charge is -2.17. The van der Waals surface area contributed by atoms with Crippen molar-refractivity contribution in [1.29, 1.82) is 5.26 Å². The molecule has 1 N–H and O–H groups in total. The molecule has 20 heavy (non-hydrogen) atoms. The minimum Gasteiger partial charge on any atom is -0.396 e. The number of aryl methyl sites for hydroxylation is 1. The maximum Gasteiger partial charge on any atom is 0.243 e. The minimum absolute atomic E-state index is 0.000457. The van der Waals surface area contributed by atoms with E-state index in [0.29, 0.717) is 24.2 Å². The van der Waals surface area contributed by atoms with Gasteiger partial charge in [0.15, 0.2) is 0 Å². The van der Waals surface area contributed by atoms with E-state index in [1.165, 1.54) is 16.4 Å². The molecule has 0 aromatic heterocycles. The molecule has 2 rings (SSSR count). The Morgan fingerprint density at radius 1 is 1.45 bits per heavy atom. The Morgan fingerprint density at radius 3 is 2.65 bits per heavy atom. The second-order valence-electron chi connectivity index (χ2n) is 5.33. The molecule has 1 aromatic rings. The third-order valence-corrected chi connectivity index (χ3v) is 5.88. The molecule has 0 radical (unpaired) electrons. The van der Waals surface area contributed by atoms with Crippen LogP contribution in [0.15, 0.2) is 23.1 Å². The molecule has 2 atom stereocenters. The molecule has 108 valence electrons. The van der Waals surface area contributed by atoms with Crippen LogP contribution in [0.2, 0.25) is 0 Å². The first-order valence-corrected chi connectivity index (χ1v) is 7.96. The van der Waals surface area contributed by atoms with Crippen molar-refractivity contribution in [3.05, 3.63) is 29.3 Å². The van der Waals surface area contributed by atoms with E-state index in [1.807, 2.05) is 13.0 Å². The van der Waals surface area contributed by atoms with E-state index in [1.54, 1.807) is 13.0 Å². The Bertz CT molecular complexity index is 649. The van der Waals surface area contributed by atoms with Crippen LogP contribution in [0.1, 0.15) is 18.1 Å². The van der Waals surface area contributed by atoms with Gasteiger partial charge in [0.25, 0.3) is 0 Å². The first kappa shape index (κ1) is 15.0. The molecule has 1 heterocycles. The Labute approximate surface area is 119 Å². The van der Waals surface area contributed by atoms with Crippen molar-refractivity contribution in [3.63, 3.8) is 0 Å². The fourth-order valence-corrected chi connectivity index (χ4v) is 4.37. The summed E-state index contributed by atoms with van der Waals surface area (Å²) in [5.41, 5.74) is 1.02. The van der Waals surface area contributed by atoms with E-state index in [2.05, 4.69) is 0 Å². The number of nitriles is 1. The summed E-state index contributed by atoms with van der Waals surface area (Å²) in [6.07, 6.45) is 0. The summed E-state index contributed by atoms with van der Waals surface area (Å²) in [5, 5.41) is 18.1. The summed E-state index contributed by atoms with van der Waals surface area (Å²) in [5.74, 6) is 0.136. The normalized spacial score (nSPS) is 23.7. The van der Waals surface area contributed by atoms with Crippen LogP contribution in [0, 0.1) is 30.1 Å². The fourth-order valence-electron chi connectivity index (χ4n) is 2.57. The topological polar surface area (TPSA) is 81.4 Å². The first-order valence-electron chi connectivity index (χ1n) is 6.52. The van der Waals surface area contributed by atoms with Crippen molar-refractivity contribution in [3.8, 4) is 6.07 Å². The predicted octanol–water partition coefficient (Wildman–Crippen LogP) is 1.12. The van der Waals surface area contributed by atoms with Crippen LogP contribution in [-0.2, 0) is 10.0 Å². The molecule has 1 aliphatic heterocycles. The van der Waals surface area contributed by atoms with Gasteiger partial charge in [0, 0.05) is 19.7 Å². The Morgan fingerprint density at radius 2 is 2.15 bits per heavy atom. The van der Waals surface area contributed by atoms with E-state index in [0.717, 1.165) is 0 Å². The van der Waals surface area contributed by atoms with Crippen LogP contribution >= 0.6 is 0 Å². The standard InChI is InChI=1S/C14H18N2O3S/c1-10-5-12(6-15)3-4-14(10)20(18,19)16-7-11(2)13(8-16)9-17/h3-5,11,13,17H,7-9H2,1-2H3/t11-,13+/m1/s1. The average molecular weight is 294 g/mol. The van der Waals surface area contributed by atoms with Crippen LogP contribution in [0.3, 0.4) is 0 Å². The van der Waals surface area contributed by atoms with Crippen LogP contribution in [0.5, 0.6) is 0 Å². The van der Waals surface area contributed by atoms with Crippen molar-refractivity contribution in [1.82, 2.24) is 4.31 Å². The highest BCUT2D eigenvalue weighted by atomic mass is 32.2. The SMILES string of the molecule is Cc1cc(C#N)ccc1S(=O)(=O)N1C[C@@H](CO)[C@H](C)C1. The smallest absolute Gasteiger partial charge is 0.243 e. The highest BCUT2D eigenvalue weighted by molar-refractivity contribution is 7.89. The number of benzene rings is 1. The van der Waals surface area contributed by atoms with Crippen molar-refractivity contribution in [2.45, 2.75) is 18.7 Å². The third kappa shape index (κ3) is 2.57. The van der Waals surface area contributed by atoms with Gasteiger partial charge >= 0.3 is 0 Å². The van der Waals surface area contributed by atoms with Crippen LogP contribution < -0.4 is 0 Å². The lowest BCUT2D eigenvalue weighted by Crippen LogP contribution is -2.30.